The molecule has 0 unspecified atom stereocenters. The lowest BCUT2D eigenvalue weighted by Gasteiger charge is -2.31. The maximum atomic E-state index is 5.59. The Hall–Kier alpha value is -0.670. The molecule has 1 heterocycles. The monoisotopic (exact) mass is 236 g/mol. The van der Waals surface area contributed by atoms with Crippen molar-refractivity contribution in [3.63, 3.8) is 0 Å². The molecule has 0 fully saturated rings. The van der Waals surface area contributed by atoms with Crippen molar-refractivity contribution in [3.05, 3.63) is 23.3 Å². The zero-order valence-corrected chi connectivity index (χ0v) is 10.9. The molecular formula is C13H20N2S. The van der Waals surface area contributed by atoms with Gasteiger partial charge in [-0.05, 0) is 50.1 Å². The fourth-order valence-electron chi connectivity index (χ4n) is 2.04. The summed E-state index contributed by atoms with van der Waals surface area (Å²) in [5.74, 6) is 1.19. The summed E-state index contributed by atoms with van der Waals surface area (Å²) in [7, 11) is 0. The van der Waals surface area contributed by atoms with Crippen molar-refractivity contribution in [2.24, 2.45) is 5.73 Å². The Bertz CT molecular complexity index is 376. The molecule has 1 aromatic carbocycles. The fraction of sp³-hybridized carbons (Fsp3) is 0.538. The van der Waals surface area contributed by atoms with E-state index in [2.05, 4.69) is 30.9 Å². The Kier molecular flexibility index (Phi) is 3.77. The van der Waals surface area contributed by atoms with Gasteiger partial charge in [-0.25, -0.2) is 0 Å². The highest BCUT2D eigenvalue weighted by molar-refractivity contribution is 7.99. The van der Waals surface area contributed by atoms with Gasteiger partial charge >= 0.3 is 0 Å². The minimum absolute atomic E-state index is 0.782. The van der Waals surface area contributed by atoms with Gasteiger partial charge in [0.2, 0.25) is 0 Å². The van der Waals surface area contributed by atoms with Crippen molar-refractivity contribution in [1.82, 2.24) is 0 Å². The molecule has 0 saturated carbocycles. The number of hydrogen-bond donors (Lipinski definition) is 1. The molecular weight excluding hydrogens is 216 g/mol. The molecule has 1 aliphatic rings. The second kappa shape index (κ2) is 5.11. The van der Waals surface area contributed by atoms with Gasteiger partial charge in [0.1, 0.15) is 0 Å². The number of thioether (sulfide) groups is 1. The Morgan fingerprint density at radius 1 is 1.31 bits per heavy atom. The van der Waals surface area contributed by atoms with Gasteiger partial charge in [-0.2, -0.15) is 0 Å². The Labute approximate surface area is 102 Å². The van der Waals surface area contributed by atoms with Crippen molar-refractivity contribution in [3.8, 4) is 0 Å². The molecule has 16 heavy (non-hydrogen) atoms. The van der Waals surface area contributed by atoms with E-state index in [0.29, 0.717) is 0 Å². The summed E-state index contributed by atoms with van der Waals surface area (Å²) in [4.78, 5) is 3.91. The van der Waals surface area contributed by atoms with Crippen LogP contribution in [0.15, 0.2) is 17.0 Å². The summed E-state index contributed by atoms with van der Waals surface area (Å²) < 4.78 is 0. The maximum absolute atomic E-state index is 5.59. The van der Waals surface area contributed by atoms with E-state index < -0.39 is 0 Å². The normalized spacial score (nSPS) is 15.1. The number of fused-ring (bicyclic) bond motifs is 1. The summed E-state index contributed by atoms with van der Waals surface area (Å²) >= 11 is 1.98. The van der Waals surface area contributed by atoms with Crippen LogP contribution >= 0.6 is 11.8 Å². The SMILES string of the molecule is Cc1cc2c(cc1C)N(CCCN)CCS2. The van der Waals surface area contributed by atoms with Gasteiger partial charge in [0.15, 0.2) is 0 Å². The molecule has 2 N–H and O–H groups in total. The minimum atomic E-state index is 0.782. The number of nitrogens with two attached hydrogens (primary N) is 1. The summed E-state index contributed by atoms with van der Waals surface area (Å²) in [6.07, 6.45) is 1.08. The van der Waals surface area contributed by atoms with Crippen LogP contribution < -0.4 is 10.6 Å². The van der Waals surface area contributed by atoms with E-state index in [1.54, 1.807) is 0 Å². The fourth-order valence-corrected chi connectivity index (χ4v) is 3.17. The van der Waals surface area contributed by atoms with Crippen molar-refractivity contribution in [2.75, 3.05) is 30.3 Å². The van der Waals surface area contributed by atoms with Crippen LogP contribution in [0.1, 0.15) is 17.5 Å². The predicted octanol–water partition coefficient (Wildman–Crippen LogP) is 2.56. The standard InChI is InChI=1S/C13H20N2S/c1-10-8-12-13(9-11(10)2)16-7-6-15(12)5-3-4-14/h8-9H,3-7,14H2,1-2H3. The van der Waals surface area contributed by atoms with Crippen LogP contribution in [-0.4, -0.2) is 25.4 Å². The van der Waals surface area contributed by atoms with E-state index >= 15 is 0 Å². The number of rotatable bonds is 3. The van der Waals surface area contributed by atoms with Crippen LogP contribution in [0.25, 0.3) is 0 Å². The van der Waals surface area contributed by atoms with Gasteiger partial charge in [0.25, 0.3) is 0 Å². The highest BCUT2D eigenvalue weighted by atomic mass is 32.2. The van der Waals surface area contributed by atoms with Crippen LogP contribution in [0.5, 0.6) is 0 Å². The Morgan fingerprint density at radius 3 is 2.81 bits per heavy atom. The van der Waals surface area contributed by atoms with E-state index in [9.17, 15) is 0 Å². The largest absolute Gasteiger partial charge is 0.370 e. The van der Waals surface area contributed by atoms with Gasteiger partial charge in [-0.1, -0.05) is 0 Å². The number of hydrogen-bond acceptors (Lipinski definition) is 3. The topological polar surface area (TPSA) is 29.3 Å². The zero-order chi connectivity index (χ0) is 11.5. The van der Waals surface area contributed by atoms with Gasteiger partial charge in [-0.15, -0.1) is 11.8 Å². The first-order valence-electron chi connectivity index (χ1n) is 5.91. The molecule has 1 aliphatic heterocycles. The van der Waals surface area contributed by atoms with E-state index in [4.69, 9.17) is 5.73 Å². The Balaban J connectivity index is 2.27. The Morgan fingerprint density at radius 2 is 2.06 bits per heavy atom. The van der Waals surface area contributed by atoms with Crippen LogP contribution in [-0.2, 0) is 0 Å². The first-order valence-corrected chi connectivity index (χ1v) is 6.90. The second-order valence-corrected chi connectivity index (χ2v) is 5.52. The van der Waals surface area contributed by atoms with E-state index in [-0.39, 0.29) is 0 Å². The average molecular weight is 236 g/mol. The number of aryl methyl sites for hydroxylation is 2. The second-order valence-electron chi connectivity index (χ2n) is 4.38. The molecule has 0 amide bonds. The minimum Gasteiger partial charge on any atom is -0.370 e. The molecule has 3 heteroatoms. The molecule has 0 radical (unpaired) electrons. The van der Waals surface area contributed by atoms with E-state index in [1.807, 2.05) is 11.8 Å². The average Bonchev–Trinajstić information content (AvgIpc) is 2.28. The van der Waals surface area contributed by atoms with Gasteiger partial charge in [0.05, 0.1) is 5.69 Å². The summed E-state index contributed by atoms with van der Waals surface area (Å²) in [5.41, 5.74) is 9.78. The molecule has 1 aromatic rings. The van der Waals surface area contributed by atoms with Crippen LogP contribution in [0.3, 0.4) is 0 Å². The first kappa shape index (κ1) is 11.8. The van der Waals surface area contributed by atoms with Gasteiger partial charge in [-0.3, -0.25) is 0 Å². The third-order valence-electron chi connectivity index (χ3n) is 3.17. The molecule has 0 aromatic heterocycles. The third kappa shape index (κ3) is 2.36. The van der Waals surface area contributed by atoms with E-state index in [1.165, 1.54) is 27.5 Å². The zero-order valence-electron chi connectivity index (χ0n) is 10.1. The number of anilines is 1. The number of nitrogens with zero attached hydrogens (tertiary/aromatic N) is 1. The molecule has 2 rings (SSSR count). The quantitative estimate of drug-likeness (QED) is 0.874. The molecule has 0 saturated heterocycles. The summed E-state index contributed by atoms with van der Waals surface area (Å²) in [6.45, 7) is 7.40. The highest BCUT2D eigenvalue weighted by Crippen LogP contribution is 2.36. The van der Waals surface area contributed by atoms with Crippen molar-refractivity contribution in [1.29, 1.82) is 0 Å². The lowest BCUT2D eigenvalue weighted by atomic mass is 10.1. The van der Waals surface area contributed by atoms with Gasteiger partial charge in [0, 0.05) is 23.7 Å². The first-order chi connectivity index (χ1) is 7.72. The van der Waals surface area contributed by atoms with Gasteiger partial charge < -0.3 is 10.6 Å². The molecule has 0 aliphatic carbocycles. The molecule has 0 spiro atoms. The smallest absolute Gasteiger partial charge is 0.0507 e. The van der Waals surface area contributed by atoms with Crippen molar-refractivity contribution < 1.29 is 0 Å². The predicted molar refractivity (Wildman–Crippen MR) is 72.5 cm³/mol. The number of benzene rings is 1. The van der Waals surface area contributed by atoms with Crippen molar-refractivity contribution in [2.45, 2.75) is 25.2 Å². The lowest BCUT2D eigenvalue weighted by molar-refractivity contribution is 0.746. The summed E-state index contributed by atoms with van der Waals surface area (Å²) in [5, 5.41) is 0. The van der Waals surface area contributed by atoms with E-state index in [0.717, 1.165) is 26.1 Å². The van der Waals surface area contributed by atoms with Crippen LogP contribution in [0.2, 0.25) is 0 Å². The molecule has 0 atom stereocenters. The maximum Gasteiger partial charge on any atom is 0.0507 e. The summed E-state index contributed by atoms with van der Waals surface area (Å²) in [6, 6.07) is 4.65. The molecule has 0 bridgehead atoms. The van der Waals surface area contributed by atoms with Crippen LogP contribution in [0, 0.1) is 13.8 Å². The molecule has 2 nitrogen and oxygen atoms in total. The van der Waals surface area contributed by atoms with Crippen LogP contribution in [0.4, 0.5) is 5.69 Å². The molecule has 88 valence electrons. The highest BCUT2D eigenvalue weighted by Gasteiger charge is 2.17. The lowest BCUT2D eigenvalue weighted by Crippen LogP contribution is -2.31. The van der Waals surface area contributed by atoms with Crippen molar-refractivity contribution >= 4 is 17.4 Å². The third-order valence-corrected chi connectivity index (χ3v) is 4.19.